The number of hydrogen-bond donors (Lipinski definition) is 2. The zero-order chi connectivity index (χ0) is 14.5. The Morgan fingerprint density at radius 2 is 2.05 bits per heavy atom. The number of halogens is 1. The summed E-state index contributed by atoms with van der Waals surface area (Å²) in [6, 6.07) is 11.7. The van der Waals surface area contributed by atoms with Crippen molar-refractivity contribution in [1.82, 2.24) is 5.32 Å². The van der Waals surface area contributed by atoms with E-state index in [9.17, 15) is 9.90 Å². The summed E-state index contributed by atoms with van der Waals surface area (Å²) < 4.78 is 5.03. The Kier molecular flexibility index (Phi) is 4.48. The molecule has 5 heteroatoms. The third-order valence-corrected chi connectivity index (χ3v) is 3.21. The minimum Gasteiger partial charge on any atom is -0.507 e. The van der Waals surface area contributed by atoms with Gasteiger partial charge < -0.3 is 15.2 Å². The number of phenolic OH excluding ortho intramolecular Hbond substituents is 1. The Morgan fingerprint density at radius 1 is 1.30 bits per heavy atom. The van der Waals surface area contributed by atoms with Gasteiger partial charge in [-0.25, -0.2) is 0 Å². The number of benzene rings is 2. The van der Waals surface area contributed by atoms with E-state index >= 15 is 0 Å². The van der Waals surface area contributed by atoms with E-state index in [1.54, 1.807) is 12.1 Å². The lowest BCUT2D eigenvalue weighted by molar-refractivity contribution is 0.0948. The van der Waals surface area contributed by atoms with Crippen LogP contribution in [-0.2, 0) is 6.54 Å². The number of carbonyl (C=O) groups is 1. The second-order valence-corrected chi connectivity index (χ2v) is 4.56. The largest absolute Gasteiger partial charge is 0.507 e. The Bertz CT molecular complexity index is 628. The van der Waals surface area contributed by atoms with E-state index in [0.717, 1.165) is 5.56 Å². The molecule has 0 aliphatic carbocycles. The minimum atomic E-state index is -0.388. The molecular weight excluding hydrogens is 278 g/mol. The molecule has 0 unspecified atom stereocenters. The summed E-state index contributed by atoms with van der Waals surface area (Å²) in [5.74, 6) is 0.0227. The van der Waals surface area contributed by atoms with Gasteiger partial charge in [-0.1, -0.05) is 29.8 Å². The average Bonchev–Trinajstić information content (AvgIpc) is 2.46. The van der Waals surface area contributed by atoms with Crippen molar-refractivity contribution < 1.29 is 14.6 Å². The van der Waals surface area contributed by atoms with Crippen LogP contribution in [0.5, 0.6) is 11.5 Å². The first-order valence-corrected chi connectivity index (χ1v) is 6.38. The standard InChI is InChI=1S/C15H14ClNO3/c1-20-11-6-7-14(18)12(8-11)15(19)17-9-10-4-2-3-5-13(10)16/h2-8,18H,9H2,1H3,(H,17,19). The highest BCUT2D eigenvalue weighted by molar-refractivity contribution is 6.31. The zero-order valence-corrected chi connectivity index (χ0v) is 11.6. The fraction of sp³-hybridized carbons (Fsp3) is 0.133. The van der Waals surface area contributed by atoms with Gasteiger partial charge in [0, 0.05) is 11.6 Å². The molecule has 0 saturated heterocycles. The van der Waals surface area contributed by atoms with Gasteiger partial charge in [-0.15, -0.1) is 0 Å². The van der Waals surface area contributed by atoms with Crippen molar-refractivity contribution in [3.63, 3.8) is 0 Å². The quantitative estimate of drug-likeness (QED) is 0.910. The van der Waals surface area contributed by atoms with E-state index in [1.807, 2.05) is 18.2 Å². The third kappa shape index (κ3) is 3.22. The van der Waals surface area contributed by atoms with Gasteiger partial charge in [-0.2, -0.15) is 0 Å². The van der Waals surface area contributed by atoms with Crippen LogP contribution in [0, 0.1) is 0 Å². The summed E-state index contributed by atoms with van der Waals surface area (Å²) >= 11 is 6.01. The zero-order valence-electron chi connectivity index (χ0n) is 10.9. The molecule has 2 aromatic carbocycles. The Balaban J connectivity index is 2.11. The van der Waals surface area contributed by atoms with Crippen molar-refractivity contribution in [2.45, 2.75) is 6.54 Å². The molecule has 2 rings (SSSR count). The molecule has 0 saturated carbocycles. The molecule has 0 fully saturated rings. The monoisotopic (exact) mass is 291 g/mol. The van der Waals surface area contributed by atoms with Crippen LogP contribution in [0.4, 0.5) is 0 Å². The molecule has 0 atom stereocenters. The van der Waals surface area contributed by atoms with Gasteiger partial charge in [0.1, 0.15) is 11.5 Å². The lowest BCUT2D eigenvalue weighted by atomic mass is 10.1. The molecular formula is C15H14ClNO3. The first-order chi connectivity index (χ1) is 9.61. The van der Waals surface area contributed by atoms with Crippen molar-refractivity contribution >= 4 is 17.5 Å². The van der Waals surface area contributed by atoms with Crippen molar-refractivity contribution in [2.24, 2.45) is 0 Å². The molecule has 0 heterocycles. The first-order valence-electron chi connectivity index (χ1n) is 6.00. The number of methoxy groups -OCH3 is 1. The van der Waals surface area contributed by atoms with Crippen LogP contribution >= 0.6 is 11.6 Å². The number of rotatable bonds is 4. The minimum absolute atomic E-state index is 0.0949. The predicted molar refractivity (Wildman–Crippen MR) is 77.3 cm³/mol. The maximum Gasteiger partial charge on any atom is 0.255 e. The van der Waals surface area contributed by atoms with Gasteiger partial charge in [0.05, 0.1) is 12.7 Å². The summed E-state index contributed by atoms with van der Waals surface area (Å²) in [6.07, 6.45) is 0. The van der Waals surface area contributed by atoms with Gasteiger partial charge in [0.25, 0.3) is 5.91 Å². The summed E-state index contributed by atoms with van der Waals surface area (Å²) in [4.78, 5) is 12.0. The Hall–Kier alpha value is -2.20. The van der Waals surface area contributed by atoms with Crippen LogP contribution in [0.25, 0.3) is 0 Å². The van der Waals surface area contributed by atoms with E-state index in [0.29, 0.717) is 10.8 Å². The highest BCUT2D eigenvalue weighted by Crippen LogP contribution is 2.23. The van der Waals surface area contributed by atoms with Crippen LogP contribution in [0.1, 0.15) is 15.9 Å². The fourth-order valence-corrected chi connectivity index (χ4v) is 1.94. The molecule has 4 nitrogen and oxygen atoms in total. The van der Waals surface area contributed by atoms with Crippen LogP contribution in [0.3, 0.4) is 0 Å². The van der Waals surface area contributed by atoms with Gasteiger partial charge in [0.15, 0.2) is 0 Å². The van der Waals surface area contributed by atoms with Crippen molar-refractivity contribution in [3.8, 4) is 11.5 Å². The second kappa shape index (κ2) is 6.30. The number of hydrogen-bond acceptors (Lipinski definition) is 3. The molecule has 104 valence electrons. The van der Waals surface area contributed by atoms with Crippen LogP contribution in [0.2, 0.25) is 5.02 Å². The van der Waals surface area contributed by atoms with E-state index in [2.05, 4.69) is 5.32 Å². The summed E-state index contributed by atoms with van der Waals surface area (Å²) in [5.41, 5.74) is 0.973. The van der Waals surface area contributed by atoms with Gasteiger partial charge in [-0.3, -0.25) is 4.79 Å². The topological polar surface area (TPSA) is 58.6 Å². The second-order valence-electron chi connectivity index (χ2n) is 4.16. The Morgan fingerprint density at radius 3 is 2.75 bits per heavy atom. The molecule has 0 bridgehead atoms. The maximum atomic E-state index is 12.0. The highest BCUT2D eigenvalue weighted by atomic mass is 35.5. The number of ether oxygens (including phenoxy) is 1. The number of nitrogens with one attached hydrogen (secondary N) is 1. The van der Waals surface area contributed by atoms with Gasteiger partial charge in [0.2, 0.25) is 0 Å². The lowest BCUT2D eigenvalue weighted by Gasteiger charge is -2.09. The third-order valence-electron chi connectivity index (χ3n) is 2.85. The van der Waals surface area contributed by atoms with E-state index < -0.39 is 0 Å². The fourth-order valence-electron chi connectivity index (χ4n) is 1.74. The number of phenols is 1. The smallest absolute Gasteiger partial charge is 0.255 e. The van der Waals surface area contributed by atoms with Gasteiger partial charge >= 0.3 is 0 Å². The number of amides is 1. The van der Waals surface area contributed by atoms with Crippen LogP contribution < -0.4 is 10.1 Å². The van der Waals surface area contributed by atoms with Crippen LogP contribution in [-0.4, -0.2) is 18.1 Å². The van der Waals surface area contributed by atoms with E-state index in [-0.39, 0.29) is 23.8 Å². The molecule has 1 amide bonds. The van der Waals surface area contributed by atoms with Crippen molar-refractivity contribution in [1.29, 1.82) is 0 Å². The van der Waals surface area contributed by atoms with Gasteiger partial charge in [-0.05, 0) is 29.8 Å². The number of carbonyl (C=O) groups excluding carboxylic acids is 1. The molecule has 0 aliphatic heterocycles. The number of aromatic hydroxyl groups is 1. The molecule has 2 N–H and O–H groups in total. The molecule has 2 aromatic rings. The summed E-state index contributed by atoms with van der Waals surface area (Å²) in [6.45, 7) is 0.287. The van der Waals surface area contributed by atoms with Crippen molar-refractivity contribution in [2.75, 3.05) is 7.11 Å². The molecule has 0 radical (unpaired) electrons. The molecule has 0 aromatic heterocycles. The molecule has 0 aliphatic rings. The molecule has 20 heavy (non-hydrogen) atoms. The molecule has 0 spiro atoms. The Labute approximate surface area is 122 Å². The predicted octanol–water partition coefficient (Wildman–Crippen LogP) is 2.98. The first kappa shape index (κ1) is 14.2. The maximum absolute atomic E-state index is 12.0. The highest BCUT2D eigenvalue weighted by Gasteiger charge is 2.12. The average molecular weight is 292 g/mol. The van der Waals surface area contributed by atoms with E-state index in [1.165, 1.54) is 19.2 Å². The summed E-state index contributed by atoms with van der Waals surface area (Å²) in [5, 5.41) is 13.0. The van der Waals surface area contributed by atoms with Crippen molar-refractivity contribution in [3.05, 3.63) is 58.6 Å². The summed E-state index contributed by atoms with van der Waals surface area (Å²) in [7, 11) is 1.50. The SMILES string of the molecule is COc1ccc(O)c(C(=O)NCc2ccccc2Cl)c1. The van der Waals surface area contributed by atoms with Crippen LogP contribution in [0.15, 0.2) is 42.5 Å². The normalized spacial score (nSPS) is 10.1. The van der Waals surface area contributed by atoms with E-state index in [4.69, 9.17) is 16.3 Å². The lowest BCUT2D eigenvalue weighted by Crippen LogP contribution is -2.23.